The summed E-state index contributed by atoms with van der Waals surface area (Å²) in [5, 5.41) is 0. The Labute approximate surface area is 114 Å². The van der Waals surface area contributed by atoms with Crippen molar-refractivity contribution in [1.82, 2.24) is 0 Å². The fourth-order valence-corrected chi connectivity index (χ4v) is 4.14. The van der Waals surface area contributed by atoms with Crippen LogP contribution in [0.2, 0.25) is 0 Å². The number of benzene rings is 1. The summed E-state index contributed by atoms with van der Waals surface area (Å²) in [4.78, 5) is 0. The molecule has 1 aliphatic heterocycles. The number of rotatable bonds is 0. The third-order valence-electron chi connectivity index (χ3n) is 4.54. The third kappa shape index (κ3) is 2.36. The Hall–Kier alpha value is -1.09. The van der Waals surface area contributed by atoms with Crippen molar-refractivity contribution in [2.24, 2.45) is 17.6 Å². The molecule has 3 rings (SSSR count). The molecule has 0 radical (unpaired) electrons. The zero-order chi connectivity index (χ0) is 13.6. The minimum Gasteiger partial charge on any atom is -0.487 e. The molecule has 0 aromatic heterocycles. The van der Waals surface area contributed by atoms with Crippen molar-refractivity contribution >= 4 is 0 Å². The van der Waals surface area contributed by atoms with Gasteiger partial charge in [0.1, 0.15) is 17.2 Å². The molecule has 1 fully saturated rings. The lowest BCUT2D eigenvalue weighted by molar-refractivity contribution is -0.0312. The van der Waals surface area contributed by atoms with E-state index in [-0.39, 0.29) is 17.5 Å². The number of halogens is 1. The van der Waals surface area contributed by atoms with Gasteiger partial charge in [-0.15, -0.1) is 0 Å². The van der Waals surface area contributed by atoms with Crippen molar-refractivity contribution in [3.8, 4) is 5.75 Å². The first-order valence-corrected chi connectivity index (χ1v) is 7.21. The fourth-order valence-electron chi connectivity index (χ4n) is 4.14. The number of fused-ring (bicyclic) bond motifs is 1. The Kier molecular flexibility index (Phi) is 3.05. The van der Waals surface area contributed by atoms with Crippen LogP contribution in [0.15, 0.2) is 18.2 Å². The van der Waals surface area contributed by atoms with Gasteiger partial charge in [0.25, 0.3) is 0 Å². The Morgan fingerprint density at radius 3 is 2.58 bits per heavy atom. The monoisotopic (exact) mass is 263 g/mol. The second kappa shape index (κ2) is 4.48. The molecular weight excluding hydrogens is 241 g/mol. The topological polar surface area (TPSA) is 35.2 Å². The van der Waals surface area contributed by atoms with Crippen molar-refractivity contribution in [3.05, 3.63) is 29.6 Å². The van der Waals surface area contributed by atoms with Gasteiger partial charge in [0, 0.05) is 18.0 Å². The summed E-state index contributed by atoms with van der Waals surface area (Å²) in [6.45, 7) is 4.57. The van der Waals surface area contributed by atoms with Crippen LogP contribution in [0.4, 0.5) is 4.39 Å². The molecule has 0 amide bonds. The highest BCUT2D eigenvalue weighted by Crippen LogP contribution is 2.48. The quantitative estimate of drug-likeness (QED) is 0.772. The third-order valence-corrected chi connectivity index (χ3v) is 4.54. The molecule has 19 heavy (non-hydrogen) atoms. The fraction of sp³-hybridized carbons (Fsp3) is 0.625. The van der Waals surface area contributed by atoms with E-state index in [0.29, 0.717) is 11.8 Å². The van der Waals surface area contributed by atoms with Crippen LogP contribution in [0.5, 0.6) is 5.75 Å². The molecule has 0 bridgehead atoms. The van der Waals surface area contributed by atoms with Crippen LogP contribution in [0, 0.1) is 17.7 Å². The predicted octanol–water partition coefficient (Wildman–Crippen LogP) is 3.80. The maximum Gasteiger partial charge on any atom is 0.125 e. The molecule has 0 saturated heterocycles. The van der Waals surface area contributed by atoms with Crippen LogP contribution < -0.4 is 10.5 Å². The van der Waals surface area contributed by atoms with Gasteiger partial charge in [-0.1, -0.05) is 13.8 Å². The SMILES string of the molecule is CC1CC(C)CC2(C1)C[C@H](N)c1cc(F)ccc1O2. The van der Waals surface area contributed by atoms with E-state index >= 15 is 0 Å². The molecule has 1 aromatic carbocycles. The molecular formula is C16H22FNO. The van der Waals surface area contributed by atoms with Gasteiger partial charge >= 0.3 is 0 Å². The lowest BCUT2D eigenvalue weighted by atomic mass is 9.69. The molecule has 1 heterocycles. The molecule has 2 unspecified atom stereocenters. The molecule has 3 atom stereocenters. The molecule has 2 nitrogen and oxygen atoms in total. The lowest BCUT2D eigenvalue weighted by Crippen LogP contribution is -2.48. The Bertz CT molecular complexity index is 478. The highest BCUT2D eigenvalue weighted by molar-refractivity contribution is 5.39. The number of ether oxygens (including phenoxy) is 1. The summed E-state index contributed by atoms with van der Waals surface area (Å²) in [6.07, 6.45) is 4.18. The molecule has 2 aliphatic rings. The van der Waals surface area contributed by atoms with Gasteiger partial charge in [0.15, 0.2) is 0 Å². The van der Waals surface area contributed by atoms with Gasteiger partial charge in [0.2, 0.25) is 0 Å². The van der Waals surface area contributed by atoms with Crippen LogP contribution in [0.1, 0.15) is 51.1 Å². The van der Waals surface area contributed by atoms with Crippen molar-refractivity contribution in [1.29, 1.82) is 0 Å². The lowest BCUT2D eigenvalue weighted by Gasteiger charge is -2.47. The molecule has 1 aliphatic carbocycles. The zero-order valence-electron chi connectivity index (χ0n) is 11.7. The molecule has 104 valence electrons. The standard InChI is InChI=1S/C16H22FNO/c1-10-5-11(2)8-16(7-10)9-14(18)13-6-12(17)3-4-15(13)19-16/h3-4,6,10-11,14H,5,7-9,18H2,1-2H3/t10?,11?,14-,16?/m0/s1. The highest BCUT2D eigenvalue weighted by atomic mass is 19.1. The average Bonchev–Trinajstić information content (AvgIpc) is 2.28. The van der Waals surface area contributed by atoms with Gasteiger partial charge in [-0.2, -0.15) is 0 Å². The van der Waals surface area contributed by atoms with E-state index in [4.69, 9.17) is 10.5 Å². The van der Waals surface area contributed by atoms with Crippen LogP contribution in [0.3, 0.4) is 0 Å². The van der Waals surface area contributed by atoms with Crippen molar-refractivity contribution < 1.29 is 9.13 Å². The van der Waals surface area contributed by atoms with Gasteiger partial charge < -0.3 is 10.5 Å². The summed E-state index contributed by atoms with van der Waals surface area (Å²) < 4.78 is 19.6. The van der Waals surface area contributed by atoms with Gasteiger partial charge in [-0.3, -0.25) is 0 Å². The smallest absolute Gasteiger partial charge is 0.125 e. The number of hydrogen-bond donors (Lipinski definition) is 1. The minimum atomic E-state index is -0.237. The Balaban J connectivity index is 1.94. The van der Waals surface area contributed by atoms with E-state index in [1.807, 2.05) is 0 Å². The Morgan fingerprint density at radius 2 is 1.89 bits per heavy atom. The van der Waals surface area contributed by atoms with Crippen LogP contribution in [-0.2, 0) is 0 Å². The van der Waals surface area contributed by atoms with Gasteiger partial charge in [-0.25, -0.2) is 4.39 Å². The molecule has 2 N–H and O–H groups in total. The molecule has 1 spiro atoms. The van der Waals surface area contributed by atoms with E-state index < -0.39 is 0 Å². The summed E-state index contributed by atoms with van der Waals surface area (Å²) in [5.41, 5.74) is 6.94. The van der Waals surface area contributed by atoms with E-state index in [0.717, 1.165) is 30.6 Å². The minimum absolute atomic E-state index is 0.114. The van der Waals surface area contributed by atoms with Gasteiger partial charge in [0.05, 0.1) is 0 Å². The second-order valence-electron chi connectivity index (χ2n) is 6.63. The maximum absolute atomic E-state index is 13.3. The predicted molar refractivity (Wildman–Crippen MR) is 73.5 cm³/mol. The first-order chi connectivity index (χ1) is 8.97. The van der Waals surface area contributed by atoms with Crippen molar-refractivity contribution in [2.75, 3.05) is 0 Å². The van der Waals surface area contributed by atoms with E-state index in [9.17, 15) is 4.39 Å². The maximum atomic E-state index is 13.3. The summed E-state index contributed by atoms with van der Waals surface area (Å²) >= 11 is 0. The van der Waals surface area contributed by atoms with Crippen molar-refractivity contribution in [3.63, 3.8) is 0 Å². The highest BCUT2D eigenvalue weighted by Gasteiger charge is 2.44. The van der Waals surface area contributed by atoms with Crippen LogP contribution in [0.25, 0.3) is 0 Å². The molecule has 1 aromatic rings. The largest absolute Gasteiger partial charge is 0.487 e. The molecule has 1 saturated carbocycles. The first-order valence-electron chi connectivity index (χ1n) is 7.21. The summed E-state index contributed by atoms with van der Waals surface area (Å²) in [7, 11) is 0. The number of nitrogens with two attached hydrogens (primary N) is 1. The average molecular weight is 263 g/mol. The summed E-state index contributed by atoms with van der Waals surface area (Å²) in [6, 6.07) is 4.59. The summed E-state index contributed by atoms with van der Waals surface area (Å²) in [5.74, 6) is 1.87. The van der Waals surface area contributed by atoms with Crippen molar-refractivity contribution in [2.45, 2.75) is 51.2 Å². The number of hydrogen-bond acceptors (Lipinski definition) is 2. The zero-order valence-corrected chi connectivity index (χ0v) is 11.7. The van der Waals surface area contributed by atoms with E-state index in [1.54, 1.807) is 6.07 Å². The van der Waals surface area contributed by atoms with Crippen LogP contribution in [-0.4, -0.2) is 5.60 Å². The van der Waals surface area contributed by atoms with E-state index in [2.05, 4.69) is 13.8 Å². The second-order valence-corrected chi connectivity index (χ2v) is 6.63. The van der Waals surface area contributed by atoms with Gasteiger partial charge in [-0.05, 0) is 49.3 Å². The normalized spacial score (nSPS) is 37.8. The van der Waals surface area contributed by atoms with E-state index in [1.165, 1.54) is 18.6 Å². The van der Waals surface area contributed by atoms with Crippen LogP contribution >= 0.6 is 0 Å². The Morgan fingerprint density at radius 1 is 1.21 bits per heavy atom. The first kappa shape index (κ1) is 12.9. The molecule has 3 heteroatoms.